The van der Waals surface area contributed by atoms with Gasteiger partial charge in [0.1, 0.15) is 5.82 Å². The number of hydrogen-bond acceptors (Lipinski definition) is 2. The zero-order chi connectivity index (χ0) is 17.7. The highest BCUT2D eigenvalue weighted by molar-refractivity contribution is 6.42. The molecule has 2 aromatic carbocycles. The molecule has 1 fully saturated rings. The summed E-state index contributed by atoms with van der Waals surface area (Å²) in [6.45, 7) is 3.31. The molecule has 1 aliphatic carbocycles. The van der Waals surface area contributed by atoms with E-state index in [0.29, 0.717) is 10.0 Å². The quantitative estimate of drug-likeness (QED) is 0.586. The molecule has 5 rings (SSSR count). The van der Waals surface area contributed by atoms with Crippen molar-refractivity contribution >= 4 is 34.2 Å². The van der Waals surface area contributed by atoms with Crippen LogP contribution in [0, 0.1) is 0 Å². The Balaban J connectivity index is 1.47. The van der Waals surface area contributed by atoms with Gasteiger partial charge < -0.3 is 4.57 Å². The van der Waals surface area contributed by atoms with Gasteiger partial charge in [-0.15, -0.1) is 0 Å². The van der Waals surface area contributed by atoms with Crippen LogP contribution in [-0.2, 0) is 13.0 Å². The minimum Gasteiger partial charge on any atom is -0.327 e. The number of hydrogen-bond donors (Lipinski definition) is 0. The highest BCUT2D eigenvalue weighted by Gasteiger charge is 2.27. The Labute approximate surface area is 163 Å². The molecule has 0 N–H and O–H groups in total. The monoisotopic (exact) mass is 385 g/mol. The van der Waals surface area contributed by atoms with E-state index >= 15 is 0 Å². The SMILES string of the molecule is Clc1ccc(-c2ccc3c(c2)nc2n3CCN(C3CCC3)CC2)cc1Cl. The largest absolute Gasteiger partial charge is 0.327 e. The summed E-state index contributed by atoms with van der Waals surface area (Å²) >= 11 is 12.2. The lowest BCUT2D eigenvalue weighted by atomic mass is 9.91. The average Bonchev–Trinajstić information content (AvgIpc) is 2.82. The van der Waals surface area contributed by atoms with E-state index in [4.69, 9.17) is 28.2 Å². The Hall–Kier alpha value is -1.55. The van der Waals surface area contributed by atoms with Gasteiger partial charge in [-0.05, 0) is 48.2 Å². The first-order chi connectivity index (χ1) is 12.7. The third-order valence-electron chi connectivity index (χ3n) is 5.90. The van der Waals surface area contributed by atoms with Crippen LogP contribution in [0.2, 0.25) is 10.0 Å². The number of rotatable bonds is 2. The van der Waals surface area contributed by atoms with Gasteiger partial charge in [0, 0.05) is 32.1 Å². The van der Waals surface area contributed by atoms with Crippen LogP contribution in [0.1, 0.15) is 25.1 Å². The Bertz CT molecular complexity index is 975. The van der Waals surface area contributed by atoms with E-state index in [9.17, 15) is 0 Å². The molecule has 0 unspecified atom stereocenters. The molecule has 1 saturated carbocycles. The van der Waals surface area contributed by atoms with E-state index < -0.39 is 0 Å². The van der Waals surface area contributed by atoms with Gasteiger partial charge in [-0.2, -0.15) is 0 Å². The highest BCUT2D eigenvalue weighted by Crippen LogP contribution is 2.31. The fourth-order valence-electron chi connectivity index (χ4n) is 4.18. The molecule has 134 valence electrons. The normalized spacial score (nSPS) is 18.5. The molecule has 2 heterocycles. The van der Waals surface area contributed by atoms with Gasteiger partial charge in [0.2, 0.25) is 0 Å². The minimum atomic E-state index is 0.584. The molecule has 1 aromatic heterocycles. The first-order valence-corrected chi connectivity index (χ1v) is 10.1. The van der Waals surface area contributed by atoms with Crippen molar-refractivity contribution in [1.29, 1.82) is 0 Å². The highest BCUT2D eigenvalue weighted by atomic mass is 35.5. The summed E-state index contributed by atoms with van der Waals surface area (Å²) in [4.78, 5) is 7.62. The molecule has 0 saturated heterocycles. The van der Waals surface area contributed by atoms with Crippen molar-refractivity contribution in [2.75, 3.05) is 13.1 Å². The predicted molar refractivity (Wildman–Crippen MR) is 108 cm³/mol. The maximum absolute atomic E-state index is 6.18. The number of halogens is 2. The molecule has 1 aliphatic heterocycles. The zero-order valence-corrected chi connectivity index (χ0v) is 16.1. The summed E-state index contributed by atoms with van der Waals surface area (Å²) in [7, 11) is 0. The average molecular weight is 386 g/mol. The lowest BCUT2D eigenvalue weighted by Crippen LogP contribution is -2.41. The summed E-state index contributed by atoms with van der Waals surface area (Å²) in [6, 6.07) is 13.1. The standard InChI is InChI=1S/C21H21Cl2N3/c22-17-6-4-14(12-18(17)23)15-5-7-20-19(13-15)24-21-8-9-25(10-11-26(20)21)16-2-1-3-16/h4-7,12-13,16H,1-3,8-11H2. The lowest BCUT2D eigenvalue weighted by Gasteiger charge is -2.36. The zero-order valence-electron chi connectivity index (χ0n) is 14.6. The number of fused-ring (bicyclic) bond motifs is 3. The Morgan fingerprint density at radius 3 is 2.46 bits per heavy atom. The maximum atomic E-state index is 6.18. The van der Waals surface area contributed by atoms with Gasteiger partial charge in [-0.25, -0.2) is 4.98 Å². The maximum Gasteiger partial charge on any atom is 0.111 e. The van der Waals surface area contributed by atoms with Crippen molar-refractivity contribution in [3.63, 3.8) is 0 Å². The summed E-state index contributed by atoms with van der Waals surface area (Å²) in [5.41, 5.74) is 4.50. The molecule has 0 spiro atoms. The smallest absolute Gasteiger partial charge is 0.111 e. The third-order valence-corrected chi connectivity index (χ3v) is 6.64. The second-order valence-electron chi connectivity index (χ2n) is 7.38. The topological polar surface area (TPSA) is 21.1 Å². The van der Waals surface area contributed by atoms with E-state index in [1.54, 1.807) is 0 Å². The second-order valence-corrected chi connectivity index (χ2v) is 8.20. The summed E-state index contributed by atoms with van der Waals surface area (Å²) in [6.07, 6.45) is 5.17. The Morgan fingerprint density at radius 2 is 1.69 bits per heavy atom. The molecule has 5 heteroatoms. The van der Waals surface area contributed by atoms with Crippen LogP contribution in [0.15, 0.2) is 36.4 Å². The van der Waals surface area contributed by atoms with Crippen molar-refractivity contribution < 1.29 is 0 Å². The van der Waals surface area contributed by atoms with Crippen molar-refractivity contribution in [2.24, 2.45) is 0 Å². The van der Waals surface area contributed by atoms with Crippen LogP contribution in [-0.4, -0.2) is 33.6 Å². The molecule has 3 nitrogen and oxygen atoms in total. The molecular weight excluding hydrogens is 365 g/mol. The molecule has 0 atom stereocenters. The molecule has 0 radical (unpaired) electrons. The van der Waals surface area contributed by atoms with Crippen LogP contribution < -0.4 is 0 Å². The summed E-state index contributed by atoms with van der Waals surface area (Å²) < 4.78 is 2.41. The van der Waals surface area contributed by atoms with Gasteiger partial charge >= 0.3 is 0 Å². The molecule has 0 bridgehead atoms. The van der Waals surface area contributed by atoms with Gasteiger partial charge in [0.05, 0.1) is 21.1 Å². The Morgan fingerprint density at radius 1 is 0.885 bits per heavy atom. The molecule has 2 aliphatic rings. The molecule has 0 amide bonds. The van der Waals surface area contributed by atoms with Crippen LogP contribution in [0.5, 0.6) is 0 Å². The van der Waals surface area contributed by atoms with Gasteiger partial charge in [0.15, 0.2) is 0 Å². The predicted octanol–water partition coefficient (Wildman–Crippen LogP) is 5.42. The number of nitrogens with zero attached hydrogens (tertiary/aromatic N) is 3. The van der Waals surface area contributed by atoms with Crippen LogP contribution in [0.4, 0.5) is 0 Å². The van der Waals surface area contributed by atoms with Crippen molar-refractivity contribution in [1.82, 2.24) is 14.5 Å². The molecular formula is C21H21Cl2N3. The number of imidazole rings is 1. The van der Waals surface area contributed by atoms with Gasteiger partial charge in [0.25, 0.3) is 0 Å². The van der Waals surface area contributed by atoms with Crippen LogP contribution in [0.3, 0.4) is 0 Å². The second kappa shape index (κ2) is 6.56. The fourth-order valence-corrected chi connectivity index (χ4v) is 4.47. The first-order valence-electron chi connectivity index (χ1n) is 9.38. The van der Waals surface area contributed by atoms with Crippen molar-refractivity contribution in [3.8, 4) is 11.1 Å². The molecule has 26 heavy (non-hydrogen) atoms. The first kappa shape index (κ1) is 16.6. The fraction of sp³-hybridized carbons (Fsp3) is 0.381. The van der Waals surface area contributed by atoms with Crippen molar-refractivity contribution in [2.45, 2.75) is 38.3 Å². The van der Waals surface area contributed by atoms with Crippen LogP contribution >= 0.6 is 23.2 Å². The molecule has 3 aromatic rings. The lowest BCUT2D eigenvalue weighted by molar-refractivity contribution is 0.130. The minimum absolute atomic E-state index is 0.584. The Kier molecular flexibility index (Phi) is 4.19. The number of benzene rings is 2. The van der Waals surface area contributed by atoms with Gasteiger partial charge in [-0.1, -0.05) is 41.8 Å². The van der Waals surface area contributed by atoms with E-state index in [0.717, 1.165) is 48.7 Å². The van der Waals surface area contributed by atoms with E-state index in [-0.39, 0.29) is 0 Å². The summed E-state index contributed by atoms with van der Waals surface area (Å²) in [5.74, 6) is 1.22. The summed E-state index contributed by atoms with van der Waals surface area (Å²) in [5, 5.41) is 1.17. The number of aromatic nitrogens is 2. The van der Waals surface area contributed by atoms with Gasteiger partial charge in [-0.3, -0.25) is 4.90 Å². The van der Waals surface area contributed by atoms with Crippen LogP contribution in [0.25, 0.3) is 22.2 Å². The van der Waals surface area contributed by atoms with E-state index in [1.165, 1.54) is 30.6 Å². The van der Waals surface area contributed by atoms with E-state index in [2.05, 4.69) is 27.7 Å². The third kappa shape index (κ3) is 2.83. The van der Waals surface area contributed by atoms with E-state index in [1.807, 2.05) is 18.2 Å². The van der Waals surface area contributed by atoms with Crippen molar-refractivity contribution in [3.05, 3.63) is 52.3 Å².